The lowest BCUT2D eigenvalue weighted by molar-refractivity contribution is 0.0999. The molecule has 72 valence electrons. The molecule has 0 aliphatic rings. The van der Waals surface area contributed by atoms with Gasteiger partial charge in [0.2, 0.25) is 0 Å². The van der Waals surface area contributed by atoms with Crippen molar-refractivity contribution in [2.45, 2.75) is 33.7 Å². The summed E-state index contributed by atoms with van der Waals surface area (Å²) < 4.78 is 2.13. The normalized spacial score (nSPS) is 10.4. The molecule has 1 aromatic heterocycles. The van der Waals surface area contributed by atoms with E-state index in [4.69, 9.17) is 5.73 Å². The monoisotopic (exact) mass is 180 g/mol. The van der Waals surface area contributed by atoms with Crippen LogP contribution in [0.1, 0.15) is 35.1 Å². The summed E-state index contributed by atoms with van der Waals surface area (Å²) in [4.78, 5) is 11.0. The van der Waals surface area contributed by atoms with Crippen LogP contribution in [-0.4, -0.2) is 10.5 Å². The molecule has 1 amide bonds. The van der Waals surface area contributed by atoms with E-state index in [1.54, 1.807) is 0 Å². The quantitative estimate of drug-likeness (QED) is 0.754. The minimum absolute atomic E-state index is 0.338. The van der Waals surface area contributed by atoms with E-state index in [-0.39, 0.29) is 5.91 Å². The number of primary amides is 1. The van der Waals surface area contributed by atoms with Crippen LogP contribution in [0, 0.1) is 13.8 Å². The van der Waals surface area contributed by atoms with Crippen molar-refractivity contribution in [3.8, 4) is 0 Å². The lowest BCUT2D eigenvalue weighted by atomic mass is 10.2. The van der Waals surface area contributed by atoms with Crippen molar-refractivity contribution in [1.82, 2.24) is 4.57 Å². The van der Waals surface area contributed by atoms with E-state index in [0.717, 1.165) is 24.4 Å². The number of hydrogen-bond acceptors (Lipinski definition) is 1. The third kappa shape index (κ3) is 1.74. The number of aryl methyl sites for hydroxylation is 1. The summed E-state index contributed by atoms with van der Waals surface area (Å²) in [7, 11) is 0. The average molecular weight is 180 g/mol. The molecule has 3 heteroatoms. The van der Waals surface area contributed by atoms with Crippen LogP contribution in [0.2, 0.25) is 0 Å². The van der Waals surface area contributed by atoms with E-state index in [9.17, 15) is 4.79 Å². The molecule has 1 aromatic rings. The van der Waals surface area contributed by atoms with E-state index in [2.05, 4.69) is 11.5 Å². The first-order valence-corrected chi connectivity index (χ1v) is 4.54. The number of carbonyl (C=O) groups is 1. The van der Waals surface area contributed by atoms with Gasteiger partial charge in [-0.05, 0) is 26.3 Å². The smallest absolute Gasteiger partial charge is 0.250 e. The van der Waals surface area contributed by atoms with Crippen molar-refractivity contribution in [3.05, 3.63) is 23.0 Å². The number of nitrogens with two attached hydrogens (primary N) is 1. The van der Waals surface area contributed by atoms with Crippen molar-refractivity contribution >= 4 is 5.91 Å². The number of carbonyl (C=O) groups excluding carboxylic acids is 1. The molecule has 0 atom stereocenters. The molecule has 0 aliphatic carbocycles. The second-order valence-corrected chi connectivity index (χ2v) is 3.30. The summed E-state index contributed by atoms with van der Waals surface area (Å²) in [5.74, 6) is -0.338. The molecule has 0 saturated heterocycles. The van der Waals surface area contributed by atoms with Gasteiger partial charge in [0.05, 0.1) is 5.56 Å². The van der Waals surface area contributed by atoms with Gasteiger partial charge in [-0.15, -0.1) is 0 Å². The second-order valence-electron chi connectivity index (χ2n) is 3.30. The minimum Gasteiger partial charge on any atom is -0.366 e. The maximum atomic E-state index is 11.0. The Kier molecular flexibility index (Phi) is 2.76. The predicted octanol–water partition coefficient (Wildman–Crippen LogP) is 1.61. The zero-order valence-corrected chi connectivity index (χ0v) is 8.42. The standard InChI is InChI=1S/C10H16N2O/c1-4-5-12-7(2)6-9(8(12)3)10(11)13/h6H,4-5H2,1-3H3,(H2,11,13). The summed E-state index contributed by atoms with van der Waals surface area (Å²) in [6.07, 6.45) is 1.06. The summed E-state index contributed by atoms with van der Waals surface area (Å²) >= 11 is 0. The molecule has 0 bridgehead atoms. The number of hydrogen-bond donors (Lipinski definition) is 1. The highest BCUT2D eigenvalue weighted by molar-refractivity contribution is 5.94. The number of aromatic nitrogens is 1. The van der Waals surface area contributed by atoms with Gasteiger partial charge in [0.15, 0.2) is 0 Å². The SMILES string of the molecule is CCCn1c(C)cc(C(N)=O)c1C. The van der Waals surface area contributed by atoms with E-state index in [1.165, 1.54) is 0 Å². The fourth-order valence-corrected chi connectivity index (χ4v) is 1.62. The number of amides is 1. The van der Waals surface area contributed by atoms with Crippen LogP contribution >= 0.6 is 0 Å². The third-order valence-corrected chi connectivity index (χ3v) is 2.29. The van der Waals surface area contributed by atoms with Gasteiger partial charge in [0, 0.05) is 17.9 Å². The molecule has 0 aliphatic heterocycles. The van der Waals surface area contributed by atoms with Crippen LogP contribution in [0.25, 0.3) is 0 Å². The van der Waals surface area contributed by atoms with E-state index in [0.29, 0.717) is 5.56 Å². The van der Waals surface area contributed by atoms with Crippen molar-refractivity contribution < 1.29 is 4.79 Å². The molecular formula is C10H16N2O. The first-order chi connectivity index (χ1) is 6.07. The van der Waals surface area contributed by atoms with Crippen LogP contribution in [-0.2, 0) is 6.54 Å². The highest BCUT2D eigenvalue weighted by Gasteiger charge is 2.11. The Morgan fingerprint density at radius 2 is 2.15 bits per heavy atom. The first-order valence-electron chi connectivity index (χ1n) is 4.54. The Morgan fingerprint density at radius 1 is 1.54 bits per heavy atom. The zero-order chi connectivity index (χ0) is 10.0. The second kappa shape index (κ2) is 3.64. The zero-order valence-electron chi connectivity index (χ0n) is 8.42. The topological polar surface area (TPSA) is 48.0 Å². The Balaban J connectivity index is 3.14. The Morgan fingerprint density at radius 3 is 2.54 bits per heavy atom. The van der Waals surface area contributed by atoms with Crippen molar-refractivity contribution in [2.75, 3.05) is 0 Å². The molecule has 0 unspecified atom stereocenters. The number of nitrogens with zero attached hydrogens (tertiary/aromatic N) is 1. The molecule has 0 radical (unpaired) electrons. The largest absolute Gasteiger partial charge is 0.366 e. The molecule has 13 heavy (non-hydrogen) atoms. The van der Waals surface area contributed by atoms with Gasteiger partial charge >= 0.3 is 0 Å². The summed E-state index contributed by atoms with van der Waals surface area (Å²) in [5, 5.41) is 0. The van der Waals surface area contributed by atoms with Crippen LogP contribution in [0.3, 0.4) is 0 Å². The molecule has 0 saturated carbocycles. The van der Waals surface area contributed by atoms with E-state index < -0.39 is 0 Å². The van der Waals surface area contributed by atoms with Gasteiger partial charge in [-0.3, -0.25) is 4.79 Å². The first kappa shape index (κ1) is 9.84. The Bertz CT molecular complexity index is 326. The van der Waals surface area contributed by atoms with Gasteiger partial charge in [-0.2, -0.15) is 0 Å². The average Bonchev–Trinajstić information content (AvgIpc) is 2.32. The maximum Gasteiger partial charge on any atom is 0.250 e. The molecule has 0 aromatic carbocycles. The molecule has 0 spiro atoms. The lowest BCUT2D eigenvalue weighted by Gasteiger charge is -2.06. The third-order valence-electron chi connectivity index (χ3n) is 2.29. The maximum absolute atomic E-state index is 11.0. The van der Waals surface area contributed by atoms with Gasteiger partial charge in [0.25, 0.3) is 5.91 Å². The van der Waals surface area contributed by atoms with E-state index >= 15 is 0 Å². The van der Waals surface area contributed by atoms with Gasteiger partial charge in [-0.1, -0.05) is 6.92 Å². The molecule has 2 N–H and O–H groups in total. The van der Waals surface area contributed by atoms with Gasteiger partial charge in [-0.25, -0.2) is 0 Å². The van der Waals surface area contributed by atoms with Crippen molar-refractivity contribution in [1.29, 1.82) is 0 Å². The molecular weight excluding hydrogens is 164 g/mol. The summed E-state index contributed by atoms with van der Waals surface area (Å²) in [5.41, 5.74) is 7.97. The highest BCUT2D eigenvalue weighted by atomic mass is 16.1. The molecule has 1 heterocycles. The highest BCUT2D eigenvalue weighted by Crippen LogP contribution is 2.14. The van der Waals surface area contributed by atoms with Crippen LogP contribution < -0.4 is 5.73 Å². The molecule has 3 nitrogen and oxygen atoms in total. The van der Waals surface area contributed by atoms with Gasteiger partial charge in [0.1, 0.15) is 0 Å². The number of rotatable bonds is 3. The Hall–Kier alpha value is -1.25. The summed E-state index contributed by atoms with van der Waals surface area (Å²) in [6, 6.07) is 1.85. The van der Waals surface area contributed by atoms with Crippen LogP contribution in [0.5, 0.6) is 0 Å². The van der Waals surface area contributed by atoms with Crippen LogP contribution in [0.15, 0.2) is 6.07 Å². The van der Waals surface area contributed by atoms with Crippen molar-refractivity contribution in [2.24, 2.45) is 5.73 Å². The van der Waals surface area contributed by atoms with E-state index in [1.807, 2.05) is 19.9 Å². The van der Waals surface area contributed by atoms with Gasteiger partial charge < -0.3 is 10.3 Å². The fourth-order valence-electron chi connectivity index (χ4n) is 1.62. The van der Waals surface area contributed by atoms with Crippen LogP contribution in [0.4, 0.5) is 0 Å². The summed E-state index contributed by atoms with van der Waals surface area (Å²) in [6.45, 7) is 6.99. The molecule has 1 rings (SSSR count). The lowest BCUT2D eigenvalue weighted by Crippen LogP contribution is -2.12. The molecule has 0 fully saturated rings. The Labute approximate surface area is 78.5 Å². The predicted molar refractivity (Wildman–Crippen MR) is 52.7 cm³/mol. The fraction of sp³-hybridized carbons (Fsp3) is 0.500. The minimum atomic E-state index is -0.338. The van der Waals surface area contributed by atoms with Crippen molar-refractivity contribution in [3.63, 3.8) is 0 Å².